The van der Waals surface area contributed by atoms with Crippen LogP contribution in [0.15, 0.2) is 63.8 Å². The quantitative estimate of drug-likeness (QED) is 0.335. The summed E-state index contributed by atoms with van der Waals surface area (Å²) in [6, 6.07) is 10.0. The molecule has 4 aromatic rings. The summed E-state index contributed by atoms with van der Waals surface area (Å²) in [5, 5.41) is 39.4. The highest BCUT2D eigenvalue weighted by atomic mass is 19.4. The molecule has 0 amide bonds. The molecule has 0 saturated heterocycles. The highest BCUT2D eigenvalue weighted by Crippen LogP contribution is 2.38. The highest BCUT2D eigenvalue weighted by molar-refractivity contribution is 5.86. The number of hydrogen-bond donors (Lipinski definition) is 4. The van der Waals surface area contributed by atoms with Crippen molar-refractivity contribution in [3.8, 4) is 34.3 Å². The third kappa shape index (κ3) is 3.92. The number of aromatic hydroxyl groups is 4. The van der Waals surface area contributed by atoms with Gasteiger partial charge in [-0.05, 0) is 35.7 Å². The lowest BCUT2D eigenvalue weighted by Gasteiger charge is -2.13. The molecule has 0 spiro atoms. The van der Waals surface area contributed by atoms with Gasteiger partial charge in [-0.1, -0.05) is 18.2 Å². The minimum absolute atomic E-state index is 0.0789. The largest absolute Gasteiger partial charge is 0.508 e. The van der Waals surface area contributed by atoms with Crippen LogP contribution in [0, 0.1) is 0 Å². The van der Waals surface area contributed by atoms with Gasteiger partial charge in [-0.3, -0.25) is 4.79 Å². The fourth-order valence-electron chi connectivity index (χ4n) is 3.46. The average molecular weight is 444 g/mol. The van der Waals surface area contributed by atoms with Gasteiger partial charge in [0.2, 0.25) is 0 Å². The first-order chi connectivity index (χ1) is 15.0. The van der Waals surface area contributed by atoms with Gasteiger partial charge in [-0.15, -0.1) is 0 Å². The van der Waals surface area contributed by atoms with E-state index < -0.39 is 34.4 Å². The first-order valence-electron chi connectivity index (χ1n) is 9.24. The monoisotopic (exact) mass is 444 g/mol. The molecule has 3 aromatic carbocycles. The van der Waals surface area contributed by atoms with Crippen molar-refractivity contribution >= 4 is 11.0 Å². The van der Waals surface area contributed by atoms with Crippen molar-refractivity contribution in [1.82, 2.24) is 0 Å². The van der Waals surface area contributed by atoms with Gasteiger partial charge in [0.1, 0.15) is 28.2 Å². The van der Waals surface area contributed by atoms with E-state index in [1.807, 2.05) is 0 Å². The number of alkyl halides is 3. The van der Waals surface area contributed by atoms with Gasteiger partial charge < -0.3 is 24.8 Å². The second-order valence-electron chi connectivity index (χ2n) is 7.19. The molecule has 0 unspecified atom stereocenters. The van der Waals surface area contributed by atoms with Gasteiger partial charge in [-0.25, -0.2) is 0 Å². The maximum absolute atomic E-state index is 13.1. The number of phenols is 4. The highest BCUT2D eigenvalue weighted by Gasteiger charge is 2.30. The second-order valence-corrected chi connectivity index (χ2v) is 7.19. The van der Waals surface area contributed by atoms with Crippen LogP contribution in [0.3, 0.4) is 0 Å². The summed E-state index contributed by atoms with van der Waals surface area (Å²) in [4.78, 5) is 12.5. The molecule has 32 heavy (non-hydrogen) atoms. The van der Waals surface area contributed by atoms with E-state index in [1.165, 1.54) is 12.1 Å². The normalized spacial score (nSPS) is 11.7. The van der Waals surface area contributed by atoms with Crippen LogP contribution in [-0.2, 0) is 12.6 Å². The molecule has 164 valence electrons. The predicted octanol–water partition coefficient (Wildman–Crippen LogP) is 4.89. The summed E-state index contributed by atoms with van der Waals surface area (Å²) in [7, 11) is 0. The Hall–Kier alpha value is -4.14. The van der Waals surface area contributed by atoms with E-state index in [0.29, 0.717) is 0 Å². The van der Waals surface area contributed by atoms with Crippen molar-refractivity contribution < 1.29 is 38.0 Å². The molecule has 0 aliphatic rings. The van der Waals surface area contributed by atoms with Gasteiger partial charge in [0.05, 0.1) is 5.56 Å². The molecule has 9 heteroatoms. The summed E-state index contributed by atoms with van der Waals surface area (Å²) in [6.07, 6.45) is -4.62. The van der Waals surface area contributed by atoms with Crippen molar-refractivity contribution in [2.24, 2.45) is 0 Å². The first-order valence-corrected chi connectivity index (χ1v) is 9.24. The van der Waals surface area contributed by atoms with E-state index in [0.717, 1.165) is 42.5 Å². The molecule has 6 nitrogen and oxygen atoms in total. The second kappa shape index (κ2) is 7.52. The number of hydrogen-bond acceptors (Lipinski definition) is 6. The first kappa shape index (κ1) is 21.1. The van der Waals surface area contributed by atoms with Crippen LogP contribution in [0.1, 0.15) is 16.7 Å². The Morgan fingerprint density at radius 3 is 2.28 bits per heavy atom. The van der Waals surface area contributed by atoms with Gasteiger partial charge >= 0.3 is 6.18 Å². The molecule has 1 heterocycles. The topological polar surface area (TPSA) is 111 Å². The summed E-state index contributed by atoms with van der Waals surface area (Å²) in [5.74, 6) is -1.96. The molecular weight excluding hydrogens is 429 g/mol. The van der Waals surface area contributed by atoms with E-state index in [2.05, 4.69) is 0 Å². The maximum Gasteiger partial charge on any atom is 0.416 e. The van der Waals surface area contributed by atoms with Gasteiger partial charge in [0.15, 0.2) is 16.9 Å². The van der Waals surface area contributed by atoms with Crippen molar-refractivity contribution in [3.63, 3.8) is 0 Å². The molecule has 0 aliphatic heterocycles. The van der Waals surface area contributed by atoms with Crippen LogP contribution in [-0.4, -0.2) is 20.4 Å². The molecular formula is C23H15F3O6. The molecule has 1 aromatic heterocycles. The van der Waals surface area contributed by atoms with Crippen molar-refractivity contribution in [2.75, 3.05) is 0 Å². The lowest BCUT2D eigenvalue weighted by molar-refractivity contribution is -0.137. The lowest BCUT2D eigenvalue weighted by atomic mass is 9.96. The van der Waals surface area contributed by atoms with Crippen LogP contribution >= 0.6 is 0 Å². The standard InChI is InChI=1S/C23H15F3O6/c24-23(25,26)13-3-1-2-11(5-13)4-12-6-16(28)17(29)9-15(12)20-10-19(31)22-18(30)7-14(27)8-21(22)32-20/h1-3,5-10,27-30H,4H2. The number of halogens is 3. The smallest absolute Gasteiger partial charge is 0.416 e. The number of phenolic OH excluding ortho intramolecular Hbond substituents is 4. The molecule has 0 bridgehead atoms. The zero-order valence-corrected chi connectivity index (χ0v) is 16.1. The predicted molar refractivity (Wildman–Crippen MR) is 109 cm³/mol. The Morgan fingerprint density at radius 2 is 1.56 bits per heavy atom. The molecule has 0 aliphatic carbocycles. The number of rotatable bonds is 3. The van der Waals surface area contributed by atoms with Crippen LogP contribution in [0.25, 0.3) is 22.3 Å². The van der Waals surface area contributed by atoms with E-state index in [4.69, 9.17) is 4.42 Å². The fourth-order valence-corrected chi connectivity index (χ4v) is 3.46. The zero-order valence-electron chi connectivity index (χ0n) is 16.1. The van der Waals surface area contributed by atoms with Crippen LogP contribution < -0.4 is 5.43 Å². The number of fused-ring (bicyclic) bond motifs is 1. The van der Waals surface area contributed by atoms with E-state index in [-0.39, 0.29) is 45.6 Å². The summed E-state index contributed by atoms with van der Waals surface area (Å²) in [6.45, 7) is 0. The Bertz CT molecular complexity index is 1410. The fraction of sp³-hybridized carbons (Fsp3) is 0.0870. The molecule has 0 saturated carbocycles. The van der Waals surface area contributed by atoms with Gasteiger partial charge in [0.25, 0.3) is 0 Å². The van der Waals surface area contributed by atoms with Crippen LogP contribution in [0.4, 0.5) is 13.2 Å². The molecule has 0 radical (unpaired) electrons. The van der Waals surface area contributed by atoms with Gasteiger partial charge in [0, 0.05) is 23.8 Å². The maximum atomic E-state index is 13.1. The van der Waals surface area contributed by atoms with Crippen molar-refractivity contribution in [2.45, 2.75) is 12.6 Å². The minimum Gasteiger partial charge on any atom is -0.508 e. The van der Waals surface area contributed by atoms with Crippen LogP contribution in [0.5, 0.6) is 23.0 Å². The Kier molecular flexibility index (Phi) is 4.96. The third-order valence-corrected chi connectivity index (χ3v) is 4.91. The molecule has 4 rings (SSSR count). The summed E-state index contributed by atoms with van der Waals surface area (Å²) in [5.41, 5.74) is -0.947. The Morgan fingerprint density at radius 1 is 0.844 bits per heavy atom. The summed E-state index contributed by atoms with van der Waals surface area (Å²) < 4.78 is 44.8. The molecule has 4 N–H and O–H groups in total. The average Bonchev–Trinajstić information content (AvgIpc) is 2.69. The SMILES string of the molecule is O=c1cc(-c2cc(O)c(O)cc2Cc2cccc(C(F)(F)F)c2)oc2cc(O)cc(O)c12. The van der Waals surface area contributed by atoms with Crippen LogP contribution in [0.2, 0.25) is 0 Å². The summed E-state index contributed by atoms with van der Waals surface area (Å²) >= 11 is 0. The Labute approximate surface area is 178 Å². The van der Waals surface area contributed by atoms with Gasteiger partial charge in [-0.2, -0.15) is 13.2 Å². The molecule has 0 fully saturated rings. The van der Waals surface area contributed by atoms with Crippen molar-refractivity contribution in [1.29, 1.82) is 0 Å². The zero-order chi connectivity index (χ0) is 23.2. The van der Waals surface area contributed by atoms with E-state index >= 15 is 0 Å². The minimum atomic E-state index is -4.54. The lowest BCUT2D eigenvalue weighted by Crippen LogP contribution is -2.05. The molecule has 0 atom stereocenters. The van der Waals surface area contributed by atoms with Crippen molar-refractivity contribution in [3.05, 3.63) is 81.5 Å². The Balaban J connectivity index is 1.88. The third-order valence-electron chi connectivity index (χ3n) is 4.91. The van der Waals surface area contributed by atoms with E-state index in [9.17, 15) is 38.4 Å². The van der Waals surface area contributed by atoms with E-state index in [1.54, 1.807) is 0 Å². The number of benzene rings is 3.